The lowest BCUT2D eigenvalue weighted by molar-refractivity contribution is -0.133. The zero-order valence-electron chi connectivity index (χ0n) is 29.1. The number of aromatic nitrogens is 4. The van der Waals surface area contributed by atoms with Crippen LogP contribution in [0.15, 0.2) is 97.1 Å². The number of anilines is 2. The molecule has 12 nitrogen and oxygen atoms in total. The summed E-state index contributed by atoms with van der Waals surface area (Å²) in [7, 11) is 0. The van der Waals surface area contributed by atoms with Crippen molar-refractivity contribution < 1.29 is 20.1 Å². The maximum absolute atomic E-state index is 12.2. The second-order valence-corrected chi connectivity index (χ2v) is 13.0. The van der Waals surface area contributed by atoms with Gasteiger partial charge in [-0.05, 0) is 55.5 Å². The fourth-order valence-corrected chi connectivity index (χ4v) is 6.59. The largest absolute Gasteiger partial charge is 0.507 e. The number of rotatable bonds is 6. The molecular weight excluding hydrogens is 656 g/mol. The molecule has 0 aliphatic carbocycles. The molecule has 6 aromatic rings. The van der Waals surface area contributed by atoms with Crippen LogP contribution in [0, 0.1) is 0 Å². The van der Waals surface area contributed by atoms with Gasteiger partial charge in [-0.1, -0.05) is 48.5 Å². The molecule has 2 fully saturated rings. The van der Waals surface area contributed by atoms with Crippen molar-refractivity contribution in [2.45, 2.75) is 19.4 Å². The number of hydrogen-bond acceptors (Lipinski definition) is 11. The Balaban J connectivity index is 0.000000166. The molecule has 0 bridgehead atoms. The minimum atomic E-state index is -0.632. The highest BCUT2D eigenvalue weighted by molar-refractivity contribution is 5.92. The first kappa shape index (κ1) is 34.6. The summed E-state index contributed by atoms with van der Waals surface area (Å²) < 4.78 is 0. The maximum atomic E-state index is 12.2. The number of nitrogens with zero attached hydrogens (tertiary/aromatic N) is 7. The van der Waals surface area contributed by atoms with Gasteiger partial charge in [-0.15, -0.1) is 0 Å². The van der Waals surface area contributed by atoms with E-state index in [0.717, 1.165) is 59.6 Å². The topological polar surface area (TPSA) is 151 Å². The van der Waals surface area contributed by atoms with Crippen LogP contribution in [-0.4, -0.2) is 105 Å². The van der Waals surface area contributed by atoms with Gasteiger partial charge in [-0.25, -0.2) is 19.9 Å². The molecule has 4 heterocycles. The molecule has 8 rings (SSSR count). The zero-order chi connectivity index (χ0) is 36.0. The van der Waals surface area contributed by atoms with Crippen LogP contribution in [0.3, 0.4) is 0 Å². The number of fused-ring (bicyclic) bond motifs is 2. The number of hydrogen-bond donors (Lipinski definition) is 4. The summed E-state index contributed by atoms with van der Waals surface area (Å²) in [6.07, 6.45) is -0.485. The lowest BCUT2D eigenvalue weighted by atomic mass is 10.1. The summed E-state index contributed by atoms with van der Waals surface area (Å²) >= 11 is 0. The van der Waals surface area contributed by atoms with Gasteiger partial charge in [0, 0.05) is 63.1 Å². The van der Waals surface area contributed by atoms with Crippen LogP contribution in [0.25, 0.3) is 44.6 Å². The van der Waals surface area contributed by atoms with Crippen molar-refractivity contribution in [3.8, 4) is 34.3 Å². The van der Waals surface area contributed by atoms with Crippen molar-refractivity contribution in [1.29, 1.82) is 0 Å². The molecule has 4 aromatic carbocycles. The first-order chi connectivity index (χ1) is 25.4. The van der Waals surface area contributed by atoms with E-state index in [1.807, 2.05) is 60.7 Å². The molecule has 0 saturated carbocycles. The predicted molar refractivity (Wildman–Crippen MR) is 203 cm³/mol. The summed E-state index contributed by atoms with van der Waals surface area (Å²) in [4.78, 5) is 37.3. The number of phenols is 2. The van der Waals surface area contributed by atoms with E-state index in [1.54, 1.807) is 42.2 Å². The molecule has 0 spiro atoms. The van der Waals surface area contributed by atoms with E-state index in [-0.39, 0.29) is 23.8 Å². The molecule has 4 N–H and O–H groups in total. The fraction of sp³-hybridized carbons (Fsp3) is 0.275. The zero-order valence-corrected chi connectivity index (χ0v) is 29.1. The Kier molecular flexibility index (Phi) is 10.4. The third kappa shape index (κ3) is 7.58. The number of para-hydroxylation sites is 4. The summed E-state index contributed by atoms with van der Waals surface area (Å²) in [5.41, 5.74) is 2.96. The van der Waals surface area contributed by atoms with Gasteiger partial charge in [0.1, 0.15) is 23.1 Å². The number of piperazine rings is 2. The molecule has 2 saturated heterocycles. The fourth-order valence-electron chi connectivity index (χ4n) is 6.59. The molecule has 1 atom stereocenters. The first-order valence-electron chi connectivity index (χ1n) is 17.6. The number of nitrogens with one attached hydrogen (secondary N) is 1. The maximum Gasteiger partial charge on any atom is 0.225 e. The Labute approximate surface area is 302 Å². The standard InChI is InChI=1S/C22H24N4O3.C18H18N4O/c1-15(27)14-20(29)25-10-12-26(13-11-25)22-16-6-2-4-8-18(16)23-21(24-22)17-7-3-5-9-19(17)28;23-16-8-4-2-6-14(16)17-20-15-7-3-1-5-13(15)18(21-17)22-11-9-19-10-12-22/h2-9,15,27-28H,10-14H2,1H3;1-8,19,23H,9-12H2/t15-;/m1./s1. The van der Waals surface area contributed by atoms with Gasteiger partial charge in [0.05, 0.1) is 34.7 Å². The van der Waals surface area contributed by atoms with Gasteiger partial charge in [0.15, 0.2) is 11.6 Å². The highest BCUT2D eigenvalue weighted by Gasteiger charge is 2.25. The van der Waals surface area contributed by atoms with Crippen LogP contribution in [0.5, 0.6) is 11.5 Å². The van der Waals surface area contributed by atoms with E-state index < -0.39 is 6.10 Å². The second kappa shape index (κ2) is 15.6. The van der Waals surface area contributed by atoms with Crippen molar-refractivity contribution in [2.75, 3.05) is 62.2 Å². The van der Waals surface area contributed by atoms with Gasteiger partial charge in [-0.3, -0.25) is 4.79 Å². The monoisotopic (exact) mass is 698 g/mol. The average Bonchev–Trinajstić information content (AvgIpc) is 3.18. The molecule has 2 aliphatic rings. The highest BCUT2D eigenvalue weighted by atomic mass is 16.3. The average molecular weight is 699 g/mol. The van der Waals surface area contributed by atoms with E-state index >= 15 is 0 Å². The smallest absolute Gasteiger partial charge is 0.225 e. The van der Waals surface area contributed by atoms with Gasteiger partial charge in [0.25, 0.3) is 0 Å². The van der Waals surface area contributed by atoms with E-state index in [4.69, 9.17) is 9.97 Å². The molecule has 52 heavy (non-hydrogen) atoms. The van der Waals surface area contributed by atoms with E-state index in [1.165, 1.54) is 0 Å². The van der Waals surface area contributed by atoms with Gasteiger partial charge in [-0.2, -0.15) is 0 Å². The normalized spacial score (nSPS) is 15.3. The molecule has 0 radical (unpaired) electrons. The third-order valence-corrected chi connectivity index (χ3v) is 9.27. The molecule has 2 aliphatic heterocycles. The van der Waals surface area contributed by atoms with Crippen LogP contribution in [0.4, 0.5) is 11.6 Å². The molecule has 266 valence electrons. The van der Waals surface area contributed by atoms with E-state index in [0.29, 0.717) is 49.0 Å². The van der Waals surface area contributed by atoms with Crippen LogP contribution in [-0.2, 0) is 4.79 Å². The van der Waals surface area contributed by atoms with Crippen LogP contribution >= 0.6 is 0 Å². The van der Waals surface area contributed by atoms with Crippen molar-refractivity contribution >= 4 is 39.3 Å². The van der Waals surface area contributed by atoms with Gasteiger partial charge in [0.2, 0.25) is 5.91 Å². The third-order valence-electron chi connectivity index (χ3n) is 9.27. The molecule has 12 heteroatoms. The van der Waals surface area contributed by atoms with Gasteiger partial charge >= 0.3 is 0 Å². The number of phenolic OH excluding ortho intramolecular Hbond substituents is 2. The number of amides is 1. The van der Waals surface area contributed by atoms with Crippen LogP contribution in [0.2, 0.25) is 0 Å². The summed E-state index contributed by atoms with van der Waals surface area (Å²) in [5.74, 6) is 3.10. The molecule has 2 aromatic heterocycles. The Morgan fingerprint density at radius 1 is 0.635 bits per heavy atom. The molecule has 0 unspecified atom stereocenters. The Morgan fingerprint density at radius 3 is 1.56 bits per heavy atom. The van der Waals surface area contributed by atoms with E-state index in [9.17, 15) is 20.1 Å². The SMILES string of the molecule is C[C@@H](O)CC(=O)N1CCN(c2nc(-c3ccccc3O)nc3ccccc23)CC1.Oc1ccccc1-c1nc(N2CCNCC2)c2ccccc2n1. The lowest BCUT2D eigenvalue weighted by Gasteiger charge is -2.36. The second-order valence-electron chi connectivity index (χ2n) is 13.0. The minimum Gasteiger partial charge on any atom is -0.507 e. The minimum absolute atomic E-state index is 0.0258. The Morgan fingerprint density at radius 2 is 1.08 bits per heavy atom. The highest BCUT2D eigenvalue weighted by Crippen LogP contribution is 2.33. The number of carbonyl (C=O) groups is 1. The van der Waals surface area contributed by atoms with Crippen molar-refractivity contribution in [3.05, 3.63) is 97.1 Å². The Bertz CT molecular complexity index is 2180. The number of carbonyl (C=O) groups excluding carboxylic acids is 1. The number of benzene rings is 4. The van der Waals surface area contributed by atoms with E-state index in [2.05, 4.69) is 31.2 Å². The summed E-state index contributed by atoms with van der Waals surface area (Å²) in [6.45, 7) is 7.81. The van der Waals surface area contributed by atoms with Crippen LogP contribution in [0.1, 0.15) is 13.3 Å². The Hall–Kier alpha value is -5.85. The molecular formula is C40H42N8O4. The summed E-state index contributed by atoms with van der Waals surface area (Å²) in [5, 5.41) is 35.2. The lowest BCUT2D eigenvalue weighted by Crippen LogP contribution is -2.49. The number of aliphatic hydroxyl groups excluding tert-OH is 1. The van der Waals surface area contributed by atoms with Crippen LogP contribution < -0.4 is 15.1 Å². The van der Waals surface area contributed by atoms with Crippen molar-refractivity contribution in [3.63, 3.8) is 0 Å². The molecule has 1 amide bonds. The number of aliphatic hydroxyl groups is 1. The summed E-state index contributed by atoms with van der Waals surface area (Å²) in [6, 6.07) is 30.1. The van der Waals surface area contributed by atoms with Gasteiger partial charge < -0.3 is 35.3 Å². The quantitative estimate of drug-likeness (QED) is 0.189. The van der Waals surface area contributed by atoms with Crippen molar-refractivity contribution in [2.24, 2.45) is 0 Å². The first-order valence-corrected chi connectivity index (χ1v) is 17.6. The van der Waals surface area contributed by atoms with Crippen molar-refractivity contribution in [1.82, 2.24) is 30.2 Å². The number of aromatic hydroxyl groups is 2. The predicted octanol–water partition coefficient (Wildman–Crippen LogP) is 4.83.